The summed E-state index contributed by atoms with van der Waals surface area (Å²) in [5, 5.41) is 18.3. The Morgan fingerprint density at radius 2 is 1.07 bits per heavy atom. The summed E-state index contributed by atoms with van der Waals surface area (Å²) in [6.07, 6.45) is 0. The van der Waals surface area contributed by atoms with Gasteiger partial charge in [-0.2, -0.15) is 0 Å². The number of ether oxygens (including phenoxy) is 2. The lowest BCUT2D eigenvalue weighted by Gasteiger charge is -2.10. The quantitative estimate of drug-likeness (QED) is 0.743. The molecular weight excluding hydrogens is 360 g/mol. The highest BCUT2D eigenvalue weighted by molar-refractivity contribution is 6.05. The third-order valence-corrected chi connectivity index (χ3v) is 3.64. The third-order valence-electron chi connectivity index (χ3n) is 3.64. The third kappa shape index (κ3) is 4.28. The lowest BCUT2D eigenvalue weighted by molar-refractivity contribution is 0.0555. The van der Waals surface area contributed by atoms with Crippen LogP contribution in [0.1, 0.15) is 41.4 Å². The number of carbonyl (C=O) groups excluding carboxylic acids is 2. The molecule has 0 amide bonds. The van der Waals surface area contributed by atoms with Crippen LogP contribution >= 0.6 is 0 Å². The van der Waals surface area contributed by atoms with Crippen LogP contribution in [-0.2, 0) is 9.47 Å². The summed E-state index contributed by atoms with van der Waals surface area (Å²) >= 11 is 0. The number of esters is 2. The molecule has 0 atom stereocenters. The smallest absolute Gasteiger partial charge is 0.338 e. The van der Waals surface area contributed by atoms with Crippen molar-refractivity contribution in [3.8, 4) is 11.1 Å². The highest BCUT2D eigenvalue weighted by atomic mass is 16.5. The number of carbonyl (C=O) groups is 4. The number of carboxylic acids is 2. The Balaban J connectivity index is 0.00000364. The van der Waals surface area contributed by atoms with E-state index in [1.165, 1.54) is 37.4 Å². The largest absolute Gasteiger partial charge is 0.478 e. The minimum absolute atomic E-state index is 0. The first-order chi connectivity index (χ1) is 12.3. The van der Waals surface area contributed by atoms with E-state index in [0.717, 1.165) is 13.2 Å². The van der Waals surface area contributed by atoms with E-state index in [1.807, 2.05) is 0 Å². The highest BCUT2D eigenvalue weighted by Gasteiger charge is 2.21. The maximum absolute atomic E-state index is 12.0. The topological polar surface area (TPSA) is 159 Å². The van der Waals surface area contributed by atoms with Crippen molar-refractivity contribution in [3.63, 3.8) is 0 Å². The number of aromatic carboxylic acids is 2. The second-order valence-electron chi connectivity index (χ2n) is 5.11. The maximum atomic E-state index is 12.0. The van der Waals surface area contributed by atoms with Crippen LogP contribution in [0.5, 0.6) is 0 Å². The molecule has 0 aliphatic carbocycles. The SMILES string of the molecule is COC(=O)c1ccc(-c2ccc(C(=O)O)c(C(=O)O)c2)cc1C(=O)OC.O. The van der Waals surface area contributed by atoms with Crippen LogP contribution in [0.2, 0.25) is 0 Å². The van der Waals surface area contributed by atoms with Crippen LogP contribution in [0.4, 0.5) is 0 Å². The number of rotatable bonds is 5. The average molecular weight is 376 g/mol. The molecule has 0 saturated heterocycles. The Morgan fingerprint density at radius 1 is 0.667 bits per heavy atom. The molecule has 142 valence electrons. The molecule has 0 aliphatic rings. The average Bonchev–Trinajstić information content (AvgIpc) is 2.65. The Hall–Kier alpha value is -3.72. The van der Waals surface area contributed by atoms with Gasteiger partial charge in [-0.1, -0.05) is 12.1 Å². The van der Waals surface area contributed by atoms with Crippen LogP contribution in [-0.4, -0.2) is 53.8 Å². The molecule has 9 heteroatoms. The molecule has 0 unspecified atom stereocenters. The van der Waals surface area contributed by atoms with Crippen LogP contribution in [0.3, 0.4) is 0 Å². The molecule has 0 fully saturated rings. The molecule has 0 radical (unpaired) electrons. The van der Waals surface area contributed by atoms with Gasteiger partial charge in [-0.15, -0.1) is 0 Å². The Bertz CT molecular complexity index is 915. The zero-order chi connectivity index (χ0) is 19.4. The molecule has 0 bridgehead atoms. The predicted molar refractivity (Wildman–Crippen MR) is 92.1 cm³/mol. The van der Waals surface area contributed by atoms with Gasteiger partial charge < -0.3 is 25.2 Å². The van der Waals surface area contributed by atoms with Crippen LogP contribution in [0, 0.1) is 0 Å². The summed E-state index contributed by atoms with van der Waals surface area (Å²) in [7, 11) is 2.32. The van der Waals surface area contributed by atoms with Gasteiger partial charge in [-0.05, 0) is 35.4 Å². The van der Waals surface area contributed by atoms with Gasteiger partial charge in [0, 0.05) is 0 Å². The maximum Gasteiger partial charge on any atom is 0.338 e. The van der Waals surface area contributed by atoms with E-state index in [4.69, 9.17) is 5.11 Å². The van der Waals surface area contributed by atoms with Gasteiger partial charge in [0.25, 0.3) is 0 Å². The van der Waals surface area contributed by atoms with E-state index in [9.17, 15) is 24.3 Å². The van der Waals surface area contributed by atoms with Crippen molar-refractivity contribution in [1.82, 2.24) is 0 Å². The van der Waals surface area contributed by atoms with E-state index >= 15 is 0 Å². The molecule has 0 heterocycles. The summed E-state index contributed by atoms with van der Waals surface area (Å²) in [6, 6.07) is 7.93. The van der Waals surface area contributed by atoms with Crippen LogP contribution in [0.15, 0.2) is 36.4 Å². The zero-order valence-electron chi connectivity index (χ0n) is 14.3. The van der Waals surface area contributed by atoms with Gasteiger partial charge in [0.15, 0.2) is 0 Å². The summed E-state index contributed by atoms with van der Waals surface area (Å²) in [5.41, 5.74) is -0.0708. The molecule has 0 saturated carbocycles. The second-order valence-corrected chi connectivity index (χ2v) is 5.11. The first-order valence-electron chi connectivity index (χ1n) is 7.21. The second kappa shape index (κ2) is 8.59. The van der Waals surface area contributed by atoms with E-state index < -0.39 is 29.4 Å². The number of benzene rings is 2. The van der Waals surface area contributed by atoms with Crippen LogP contribution in [0.25, 0.3) is 11.1 Å². The molecular formula is C18H16O9. The summed E-state index contributed by atoms with van der Waals surface area (Å²) in [4.78, 5) is 46.2. The zero-order valence-corrected chi connectivity index (χ0v) is 14.3. The minimum atomic E-state index is -1.40. The molecule has 2 aromatic carbocycles. The Kier molecular flexibility index (Phi) is 6.78. The molecule has 27 heavy (non-hydrogen) atoms. The first-order valence-corrected chi connectivity index (χ1v) is 7.21. The minimum Gasteiger partial charge on any atom is -0.478 e. The van der Waals surface area contributed by atoms with Crippen molar-refractivity contribution in [2.75, 3.05) is 14.2 Å². The summed E-state index contributed by atoms with van der Waals surface area (Å²) in [5.74, 6) is -4.27. The first kappa shape index (κ1) is 21.3. The lowest BCUT2D eigenvalue weighted by atomic mass is 9.96. The number of hydrogen-bond acceptors (Lipinski definition) is 6. The molecule has 9 nitrogen and oxygen atoms in total. The van der Waals surface area contributed by atoms with Crippen molar-refractivity contribution in [2.45, 2.75) is 0 Å². The fourth-order valence-electron chi connectivity index (χ4n) is 2.38. The fraction of sp³-hybridized carbons (Fsp3) is 0.111. The number of hydrogen-bond donors (Lipinski definition) is 2. The van der Waals surface area contributed by atoms with Crippen molar-refractivity contribution >= 4 is 23.9 Å². The Morgan fingerprint density at radius 3 is 1.52 bits per heavy atom. The molecule has 0 spiro atoms. The monoisotopic (exact) mass is 376 g/mol. The molecule has 0 aromatic heterocycles. The van der Waals surface area contributed by atoms with Crippen LogP contribution < -0.4 is 0 Å². The predicted octanol–water partition coefficient (Wildman–Crippen LogP) is 1.50. The van der Waals surface area contributed by atoms with E-state index in [-0.39, 0.29) is 22.2 Å². The van der Waals surface area contributed by atoms with Gasteiger partial charge in [0.2, 0.25) is 0 Å². The normalized spacial score (nSPS) is 9.70. The summed E-state index contributed by atoms with van der Waals surface area (Å²) in [6.45, 7) is 0. The van der Waals surface area contributed by atoms with Gasteiger partial charge in [0.05, 0.1) is 36.5 Å². The number of carboxylic acid groups (broad SMARTS) is 2. The van der Waals surface area contributed by atoms with Crippen molar-refractivity contribution in [2.24, 2.45) is 0 Å². The van der Waals surface area contributed by atoms with Crippen molar-refractivity contribution in [3.05, 3.63) is 58.7 Å². The molecule has 4 N–H and O–H groups in total. The van der Waals surface area contributed by atoms with E-state index in [1.54, 1.807) is 0 Å². The van der Waals surface area contributed by atoms with Gasteiger partial charge >= 0.3 is 23.9 Å². The van der Waals surface area contributed by atoms with E-state index in [0.29, 0.717) is 11.1 Å². The molecule has 0 aliphatic heterocycles. The molecule has 2 aromatic rings. The van der Waals surface area contributed by atoms with Gasteiger partial charge in [-0.3, -0.25) is 0 Å². The summed E-state index contributed by atoms with van der Waals surface area (Å²) < 4.78 is 9.28. The standard InChI is InChI=1S/C18H14O8.H2O/c1-25-17(23)12-6-4-10(8-14(12)18(24)26-2)9-3-5-11(15(19)20)13(7-9)16(21)22;/h3-8H,1-2H3,(H,19,20)(H,21,22);1H2. The lowest BCUT2D eigenvalue weighted by Crippen LogP contribution is -2.12. The highest BCUT2D eigenvalue weighted by Crippen LogP contribution is 2.26. The Labute approximate surface area is 153 Å². The van der Waals surface area contributed by atoms with Crippen molar-refractivity contribution in [1.29, 1.82) is 0 Å². The fourth-order valence-corrected chi connectivity index (χ4v) is 2.38. The van der Waals surface area contributed by atoms with Crippen molar-refractivity contribution < 1.29 is 44.3 Å². The van der Waals surface area contributed by atoms with E-state index in [2.05, 4.69) is 9.47 Å². The van der Waals surface area contributed by atoms with Gasteiger partial charge in [-0.25, -0.2) is 19.2 Å². The number of methoxy groups -OCH3 is 2. The molecule has 2 rings (SSSR count). The van der Waals surface area contributed by atoms with Gasteiger partial charge in [0.1, 0.15) is 0 Å².